The lowest BCUT2D eigenvalue weighted by molar-refractivity contribution is 0.0723. The van der Waals surface area contributed by atoms with Gasteiger partial charge < -0.3 is 13.0 Å². The van der Waals surface area contributed by atoms with Gasteiger partial charge in [0.2, 0.25) is 0 Å². The van der Waals surface area contributed by atoms with Gasteiger partial charge in [0.1, 0.15) is 0 Å². The van der Waals surface area contributed by atoms with Crippen molar-refractivity contribution in [3.8, 4) is 0 Å². The molecular formula is C15H32O3Si2. The summed E-state index contributed by atoms with van der Waals surface area (Å²) in [5.41, 5.74) is 3.66. The molecule has 0 fully saturated rings. The van der Waals surface area contributed by atoms with Crippen LogP contribution in [0.25, 0.3) is 0 Å². The third-order valence-electron chi connectivity index (χ3n) is 3.26. The van der Waals surface area contributed by atoms with Gasteiger partial charge in [-0.3, -0.25) is 0 Å². The normalized spacial score (nSPS) is 18.1. The second-order valence-corrected chi connectivity index (χ2v) is 12.3. The summed E-state index contributed by atoms with van der Waals surface area (Å²) < 4.78 is 18.4. The van der Waals surface area contributed by atoms with Crippen molar-refractivity contribution in [3.05, 3.63) is 24.6 Å². The maximum Gasteiger partial charge on any atom is 0.352 e. The van der Waals surface area contributed by atoms with E-state index < -0.39 is 17.1 Å². The molecule has 0 N–H and O–H groups in total. The van der Waals surface area contributed by atoms with Crippen LogP contribution in [0.4, 0.5) is 0 Å². The minimum atomic E-state index is -2.48. The first-order chi connectivity index (χ1) is 9.13. The van der Waals surface area contributed by atoms with Crippen molar-refractivity contribution in [2.75, 3.05) is 6.61 Å². The first-order valence-corrected chi connectivity index (χ1v) is 12.2. The summed E-state index contributed by atoms with van der Waals surface area (Å²) in [6, 6.07) is 0. The van der Waals surface area contributed by atoms with Gasteiger partial charge >= 0.3 is 17.1 Å². The van der Waals surface area contributed by atoms with Crippen molar-refractivity contribution in [2.24, 2.45) is 11.8 Å². The smallest absolute Gasteiger partial charge is 0.352 e. The lowest BCUT2D eigenvalue weighted by Gasteiger charge is -2.38. The van der Waals surface area contributed by atoms with E-state index >= 15 is 0 Å². The van der Waals surface area contributed by atoms with Gasteiger partial charge in [0.15, 0.2) is 0 Å². The van der Waals surface area contributed by atoms with Crippen molar-refractivity contribution >= 4 is 17.1 Å². The molecule has 5 heteroatoms. The van der Waals surface area contributed by atoms with Gasteiger partial charge in [0.05, 0.1) is 6.10 Å². The molecule has 3 nitrogen and oxygen atoms in total. The Bertz CT molecular complexity index is 312. The van der Waals surface area contributed by atoms with Gasteiger partial charge in [-0.15, -0.1) is 13.2 Å². The Balaban J connectivity index is 5.09. The van der Waals surface area contributed by atoms with Crippen LogP contribution in [0.1, 0.15) is 34.6 Å². The summed E-state index contributed by atoms with van der Waals surface area (Å²) in [6.45, 7) is 23.1. The van der Waals surface area contributed by atoms with Gasteiger partial charge in [-0.25, -0.2) is 0 Å². The predicted molar refractivity (Wildman–Crippen MR) is 90.9 cm³/mol. The van der Waals surface area contributed by atoms with E-state index in [9.17, 15) is 0 Å². The Hall–Kier alpha value is -0.206. The van der Waals surface area contributed by atoms with Crippen molar-refractivity contribution in [2.45, 2.75) is 53.8 Å². The van der Waals surface area contributed by atoms with E-state index in [-0.39, 0.29) is 6.10 Å². The lowest BCUT2D eigenvalue weighted by Crippen LogP contribution is -2.53. The fraction of sp³-hybridized carbons (Fsp3) is 0.733. The molecule has 118 valence electrons. The molecule has 0 aromatic carbocycles. The van der Waals surface area contributed by atoms with E-state index in [2.05, 4.69) is 40.9 Å². The molecule has 0 heterocycles. The highest BCUT2D eigenvalue weighted by Gasteiger charge is 2.41. The molecule has 20 heavy (non-hydrogen) atoms. The van der Waals surface area contributed by atoms with Gasteiger partial charge in [-0.2, -0.15) is 0 Å². The van der Waals surface area contributed by atoms with Crippen molar-refractivity contribution < 1.29 is 13.0 Å². The zero-order valence-corrected chi connectivity index (χ0v) is 16.2. The Morgan fingerprint density at radius 2 is 1.40 bits per heavy atom. The summed E-state index contributed by atoms with van der Waals surface area (Å²) in [6.07, 6.45) is 0.161. The molecule has 0 aromatic rings. The molecule has 0 saturated carbocycles. The summed E-state index contributed by atoms with van der Waals surface area (Å²) in [5.74, 6) is 0.878. The summed E-state index contributed by atoms with van der Waals surface area (Å²) >= 11 is 0. The van der Waals surface area contributed by atoms with Crippen LogP contribution in [0.15, 0.2) is 24.6 Å². The summed E-state index contributed by atoms with van der Waals surface area (Å²) in [4.78, 5) is 0. The zero-order chi connectivity index (χ0) is 16.0. The molecule has 2 unspecified atom stereocenters. The monoisotopic (exact) mass is 316 g/mol. The Morgan fingerprint density at radius 1 is 0.950 bits per heavy atom. The fourth-order valence-corrected chi connectivity index (χ4v) is 8.43. The first-order valence-electron chi connectivity index (χ1n) is 7.42. The minimum Gasteiger partial charge on any atom is -0.409 e. The van der Waals surface area contributed by atoms with Crippen LogP contribution >= 0.6 is 0 Å². The van der Waals surface area contributed by atoms with Crippen LogP contribution in [-0.4, -0.2) is 29.8 Å². The quantitative estimate of drug-likeness (QED) is 0.561. The summed E-state index contributed by atoms with van der Waals surface area (Å²) in [7, 11) is -4.86. The number of hydrogen-bond donors (Lipinski definition) is 0. The molecule has 0 aliphatic heterocycles. The third-order valence-corrected chi connectivity index (χ3v) is 9.59. The molecule has 0 amide bonds. The number of hydrogen-bond acceptors (Lipinski definition) is 3. The van der Waals surface area contributed by atoms with Crippen LogP contribution in [0, 0.1) is 11.8 Å². The largest absolute Gasteiger partial charge is 0.409 e. The molecule has 0 rings (SSSR count). The standard InChI is InChI=1S/C15H32O3Si2/c1-10-16-19(8,11-2)18-20(9,12-3)17-15(13(4)5)14(6)7/h11-15H,2-3,10H2,1,4-9H3. The molecular weight excluding hydrogens is 284 g/mol. The predicted octanol–water partition coefficient (Wildman–Crippen LogP) is 4.33. The van der Waals surface area contributed by atoms with Crippen LogP contribution in [-0.2, 0) is 13.0 Å². The van der Waals surface area contributed by atoms with E-state index in [0.717, 1.165) is 0 Å². The molecule has 0 aliphatic carbocycles. The van der Waals surface area contributed by atoms with Crippen LogP contribution in [0.5, 0.6) is 0 Å². The van der Waals surface area contributed by atoms with Gasteiger partial charge in [0, 0.05) is 6.61 Å². The molecule has 0 bridgehead atoms. The molecule has 0 radical (unpaired) electrons. The maximum absolute atomic E-state index is 6.36. The van der Waals surface area contributed by atoms with E-state index in [0.29, 0.717) is 18.4 Å². The third kappa shape index (κ3) is 6.05. The van der Waals surface area contributed by atoms with Gasteiger partial charge in [0.25, 0.3) is 0 Å². The molecule has 0 aromatic heterocycles. The highest BCUT2D eigenvalue weighted by Crippen LogP contribution is 2.25. The summed E-state index contributed by atoms with van der Waals surface area (Å²) in [5, 5.41) is 0. The SMILES string of the molecule is C=C[Si](C)(OCC)O[Si](C)(C=C)OC(C(C)C)C(C)C. The van der Waals surface area contributed by atoms with Crippen molar-refractivity contribution in [1.29, 1.82) is 0 Å². The Kier molecular flexibility index (Phi) is 8.20. The molecule has 0 aliphatic rings. The highest BCUT2D eigenvalue weighted by molar-refractivity contribution is 6.84. The van der Waals surface area contributed by atoms with Crippen LogP contribution in [0.2, 0.25) is 13.1 Å². The second-order valence-electron chi connectivity index (χ2n) is 6.05. The fourth-order valence-electron chi connectivity index (χ4n) is 2.25. The highest BCUT2D eigenvalue weighted by atomic mass is 28.5. The average molecular weight is 317 g/mol. The average Bonchev–Trinajstić information content (AvgIpc) is 2.35. The molecule has 0 saturated heterocycles. The molecule has 0 spiro atoms. The Labute approximate surface area is 127 Å². The van der Waals surface area contributed by atoms with Crippen LogP contribution < -0.4 is 0 Å². The van der Waals surface area contributed by atoms with Crippen LogP contribution in [0.3, 0.4) is 0 Å². The molecule has 2 atom stereocenters. The topological polar surface area (TPSA) is 27.7 Å². The second kappa shape index (κ2) is 8.29. The van der Waals surface area contributed by atoms with E-state index in [1.807, 2.05) is 31.4 Å². The van der Waals surface area contributed by atoms with Crippen molar-refractivity contribution in [1.82, 2.24) is 0 Å². The Morgan fingerprint density at radius 3 is 1.70 bits per heavy atom. The first kappa shape index (κ1) is 19.8. The van der Waals surface area contributed by atoms with Gasteiger partial charge in [-0.05, 0) is 31.9 Å². The number of rotatable bonds is 10. The maximum atomic E-state index is 6.36. The van der Waals surface area contributed by atoms with E-state index in [1.165, 1.54) is 0 Å². The van der Waals surface area contributed by atoms with Crippen molar-refractivity contribution in [3.63, 3.8) is 0 Å². The van der Waals surface area contributed by atoms with E-state index in [1.54, 1.807) is 0 Å². The van der Waals surface area contributed by atoms with E-state index in [4.69, 9.17) is 13.0 Å². The zero-order valence-electron chi connectivity index (χ0n) is 14.2. The lowest BCUT2D eigenvalue weighted by atomic mass is 9.97. The van der Waals surface area contributed by atoms with Gasteiger partial charge in [-0.1, -0.05) is 39.1 Å². The minimum absolute atomic E-state index is 0.161.